The molecule has 0 N–H and O–H groups in total. The van der Waals surface area contributed by atoms with Gasteiger partial charge < -0.3 is 9.05 Å². The molecule has 9 heteroatoms. The summed E-state index contributed by atoms with van der Waals surface area (Å²) in [6.07, 6.45) is 0.115. The van der Waals surface area contributed by atoms with Crippen molar-refractivity contribution in [3.05, 3.63) is 118 Å². The number of rotatable bonds is 7. The molecule has 0 radical (unpaired) electrons. The predicted octanol–water partition coefficient (Wildman–Crippen LogP) is 10.1. The van der Waals surface area contributed by atoms with E-state index in [1.807, 2.05) is 78.9 Å². The third-order valence-corrected chi connectivity index (χ3v) is 10.5. The summed E-state index contributed by atoms with van der Waals surface area (Å²) in [7, 11) is -3.26. The predicted molar refractivity (Wildman–Crippen MR) is 189 cm³/mol. The number of alkyl halides is 1. The molecule has 0 aliphatic heterocycles. The van der Waals surface area contributed by atoms with Crippen LogP contribution in [0.5, 0.6) is 0 Å². The van der Waals surface area contributed by atoms with Crippen molar-refractivity contribution in [3.8, 4) is 24.3 Å². The Morgan fingerprint density at radius 1 is 0.553 bits per heavy atom. The molecule has 6 aromatic rings. The highest BCUT2D eigenvalue weighted by molar-refractivity contribution is 9.08. The van der Waals surface area contributed by atoms with Gasteiger partial charge in [-0.2, -0.15) is 21.0 Å². The van der Waals surface area contributed by atoms with E-state index in [0.29, 0.717) is 33.0 Å². The maximum atomic E-state index is 12.8. The van der Waals surface area contributed by atoms with E-state index in [4.69, 9.17) is 9.05 Å². The largest absolute Gasteiger partial charge is 0.335 e. The summed E-state index contributed by atoms with van der Waals surface area (Å²) in [6, 6.07) is 35.4. The number of benzene rings is 6. The van der Waals surface area contributed by atoms with Crippen LogP contribution in [0.3, 0.4) is 0 Å². The summed E-state index contributed by atoms with van der Waals surface area (Å²) in [5.74, 6) is 0. The van der Waals surface area contributed by atoms with E-state index in [2.05, 4.69) is 40.2 Å². The van der Waals surface area contributed by atoms with Crippen molar-refractivity contribution in [1.29, 1.82) is 21.0 Å². The lowest BCUT2D eigenvalue weighted by Crippen LogP contribution is -1.99. The first-order valence-corrected chi connectivity index (χ1v) is 17.7. The Hall–Kier alpha value is -5.05. The summed E-state index contributed by atoms with van der Waals surface area (Å²) >= 11 is 3.43. The van der Waals surface area contributed by atoms with E-state index in [9.17, 15) is 25.6 Å². The number of nitriles is 4. The fourth-order valence-corrected chi connectivity index (χ4v) is 7.90. The van der Waals surface area contributed by atoms with Gasteiger partial charge in [0.05, 0.1) is 41.6 Å². The highest BCUT2D eigenvalue weighted by atomic mass is 79.9. The molecular formula is C38H28BrN4O3P. The van der Waals surface area contributed by atoms with Crippen LogP contribution in [0.15, 0.2) is 84.9 Å². The molecular weight excluding hydrogens is 671 g/mol. The van der Waals surface area contributed by atoms with Gasteiger partial charge in [0, 0.05) is 48.4 Å². The number of halogens is 1. The minimum atomic E-state index is -3.26. The molecule has 0 aliphatic rings. The van der Waals surface area contributed by atoms with Crippen LogP contribution in [0.25, 0.3) is 43.1 Å². The van der Waals surface area contributed by atoms with E-state index in [1.54, 1.807) is 19.9 Å². The molecule has 0 bridgehead atoms. The van der Waals surface area contributed by atoms with Crippen LogP contribution < -0.4 is 0 Å². The van der Waals surface area contributed by atoms with Gasteiger partial charge >= 0.3 is 7.60 Å². The molecule has 0 saturated carbocycles. The number of hydrogen-bond donors (Lipinski definition) is 0. The summed E-state index contributed by atoms with van der Waals surface area (Å²) in [4.78, 5) is 0. The van der Waals surface area contributed by atoms with Crippen LogP contribution in [-0.2, 0) is 25.1 Å². The molecule has 0 unspecified atom stereocenters. The van der Waals surface area contributed by atoms with E-state index < -0.39 is 7.60 Å². The Morgan fingerprint density at radius 3 is 1.26 bits per heavy atom. The number of hydrogen-bond acceptors (Lipinski definition) is 7. The topological polar surface area (TPSA) is 131 Å². The van der Waals surface area contributed by atoms with Crippen LogP contribution in [0.2, 0.25) is 0 Å². The van der Waals surface area contributed by atoms with Gasteiger partial charge in [0.2, 0.25) is 0 Å². The minimum absolute atomic E-state index is 0.115. The molecule has 0 heterocycles. The molecule has 0 atom stereocenters. The molecule has 0 aromatic heterocycles. The molecule has 7 nitrogen and oxygen atoms in total. The summed E-state index contributed by atoms with van der Waals surface area (Å²) in [6.45, 7) is 4.12. The second-order valence-corrected chi connectivity index (χ2v) is 13.2. The minimum Gasteiger partial charge on any atom is -0.309 e. The van der Waals surface area contributed by atoms with Gasteiger partial charge in [-0.3, -0.25) is 4.57 Å². The first kappa shape index (κ1) is 33.3. The zero-order valence-electron chi connectivity index (χ0n) is 25.8. The standard InChI is InChI=1S/C21H19N2O3P.C17H9BrN2/c1-3-25-27(24,26-4-2)14-15-9-10-18-19(11-15)21(13-23)17-8-6-5-7-16(17)20(18)12-22;18-8-11-5-6-14-15(7-11)17(10-20)13-4-2-1-3-12(13)16(14)9-19/h5-11H,3-4,14H2,1-2H3;1-7H,8H2. The molecule has 6 aromatic carbocycles. The Morgan fingerprint density at radius 2 is 0.894 bits per heavy atom. The van der Waals surface area contributed by atoms with Crippen LogP contribution in [0, 0.1) is 45.3 Å². The maximum Gasteiger partial charge on any atom is 0.335 e. The Kier molecular flexibility index (Phi) is 10.3. The molecule has 0 amide bonds. The molecule has 6 rings (SSSR count). The Labute approximate surface area is 281 Å². The van der Waals surface area contributed by atoms with E-state index in [-0.39, 0.29) is 19.4 Å². The van der Waals surface area contributed by atoms with Crippen molar-refractivity contribution in [3.63, 3.8) is 0 Å². The summed E-state index contributed by atoms with van der Waals surface area (Å²) < 4.78 is 23.6. The fraction of sp³-hybridized carbons (Fsp3) is 0.158. The summed E-state index contributed by atoms with van der Waals surface area (Å²) in [5, 5.41) is 45.4. The van der Waals surface area contributed by atoms with Crippen molar-refractivity contribution in [1.82, 2.24) is 0 Å². The van der Waals surface area contributed by atoms with Crippen LogP contribution in [0.4, 0.5) is 0 Å². The lowest BCUT2D eigenvalue weighted by atomic mass is 9.92. The van der Waals surface area contributed by atoms with Gasteiger partial charge in [0.1, 0.15) is 24.3 Å². The van der Waals surface area contributed by atoms with Crippen LogP contribution in [-0.4, -0.2) is 13.2 Å². The fourth-order valence-electron chi connectivity index (χ4n) is 5.86. The molecule has 0 spiro atoms. The number of nitrogens with zero attached hydrogens (tertiary/aromatic N) is 4. The second-order valence-electron chi connectivity index (χ2n) is 10.5. The zero-order valence-corrected chi connectivity index (χ0v) is 28.2. The lowest BCUT2D eigenvalue weighted by molar-refractivity contribution is 0.219. The van der Waals surface area contributed by atoms with Gasteiger partial charge in [0.15, 0.2) is 0 Å². The van der Waals surface area contributed by atoms with E-state index in [0.717, 1.165) is 48.8 Å². The van der Waals surface area contributed by atoms with Gasteiger partial charge in [0.25, 0.3) is 0 Å². The highest BCUT2D eigenvalue weighted by Gasteiger charge is 2.25. The molecule has 47 heavy (non-hydrogen) atoms. The highest BCUT2D eigenvalue weighted by Crippen LogP contribution is 2.51. The van der Waals surface area contributed by atoms with E-state index >= 15 is 0 Å². The van der Waals surface area contributed by atoms with Gasteiger partial charge in [-0.1, -0.05) is 88.7 Å². The molecule has 0 aliphatic carbocycles. The first-order chi connectivity index (χ1) is 22.9. The molecule has 0 fully saturated rings. The van der Waals surface area contributed by atoms with Crippen LogP contribution in [0.1, 0.15) is 47.2 Å². The third-order valence-electron chi connectivity index (χ3n) is 7.81. The molecule has 230 valence electrons. The first-order valence-electron chi connectivity index (χ1n) is 14.9. The summed E-state index contributed by atoms with van der Waals surface area (Å²) in [5.41, 5.74) is 4.14. The molecule has 0 saturated heterocycles. The lowest BCUT2D eigenvalue weighted by Gasteiger charge is -2.17. The second kappa shape index (κ2) is 14.6. The van der Waals surface area contributed by atoms with Crippen molar-refractivity contribution >= 4 is 66.6 Å². The van der Waals surface area contributed by atoms with Crippen LogP contribution >= 0.6 is 23.5 Å². The van der Waals surface area contributed by atoms with Gasteiger partial charge in [-0.15, -0.1) is 0 Å². The van der Waals surface area contributed by atoms with Crippen molar-refractivity contribution < 1.29 is 13.6 Å². The quantitative estimate of drug-likeness (QED) is 0.0921. The SMILES string of the molecule is CCOP(=O)(Cc1ccc2c(C#N)c3ccccc3c(C#N)c2c1)OCC.N#Cc1c2ccccc2c(C#N)c2cc(CBr)ccc12. The smallest absolute Gasteiger partial charge is 0.309 e. The van der Waals surface area contributed by atoms with Crippen molar-refractivity contribution in [2.45, 2.75) is 25.3 Å². The third kappa shape index (κ3) is 6.48. The van der Waals surface area contributed by atoms with Crippen molar-refractivity contribution in [2.24, 2.45) is 0 Å². The average molecular weight is 700 g/mol. The Bertz CT molecular complexity index is 2390. The Balaban J connectivity index is 0.000000193. The number of fused-ring (bicyclic) bond motifs is 4. The normalized spacial score (nSPS) is 11.0. The van der Waals surface area contributed by atoms with Gasteiger partial charge in [-0.25, -0.2) is 0 Å². The monoisotopic (exact) mass is 698 g/mol. The van der Waals surface area contributed by atoms with Crippen molar-refractivity contribution in [2.75, 3.05) is 13.2 Å². The van der Waals surface area contributed by atoms with Gasteiger partial charge in [-0.05, 0) is 37.1 Å². The van der Waals surface area contributed by atoms with E-state index in [1.165, 1.54) is 0 Å². The maximum absolute atomic E-state index is 12.8. The average Bonchev–Trinajstić information content (AvgIpc) is 3.09. The zero-order chi connectivity index (χ0) is 33.6.